The fourth-order valence-corrected chi connectivity index (χ4v) is 2.68. The largest absolute Gasteiger partial charge is 0.478 e. The van der Waals surface area contributed by atoms with Gasteiger partial charge in [0.2, 0.25) is 0 Å². The maximum Gasteiger partial charge on any atom is 0.328 e. The standard InChI is InChI=1S/C17H19NO3/c19-15(20)10-3-11-1-4-14(5-2-11)17(21)18-16(12-6-7-12)13-8-9-13/h1-5,10,12-13,16H,6-9H2,(H,18,21)(H,19,20). The Hall–Kier alpha value is -2.10. The second kappa shape index (κ2) is 5.72. The first-order valence-electron chi connectivity index (χ1n) is 7.45. The van der Waals surface area contributed by atoms with Crippen molar-refractivity contribution in [1.29, 1.82) is 0 Å². The number of nitrogens with one attached hydrogen (secondary N) is 1. The lowest BCUT2D eigenvalue weighted by Gasteiger charge is -2.17. The van der Waals surface area contributed by atoms with Crippen LogP contribution in [-0.4, -0.2) is 23.0 Å². The maximum atomic E-state index is 12.3. The number of carboxylic acid groups (broad SMARTS) is 1. The third-order valence-electron chi connectivity index (χ3n) is 4.15. The van der Waals surface area contributed by atoms with Crippen molar-refractivity contribution < 1.29 is 14.7 Å². The molecule has 2 aliphatic rings. The van der Waals surface area contributed by atoms with E-state index >= 15 is 0 Å². The number of carboxylic acids is 1. The van der Waals surface area contributed by atoms with E-state index in [0.29, 0.717) is 23.4 Å². The topological polar surface area (TPSA) is 66.4 Å². The van der Waals surface area contributed by atoms with Crippen molar-refractivity contribution in [1.82, 2.24) is 5.32 Å². The highest BCUT2D eigenvalue weighted by atomic mass is 16.4. The summed E-state index contributed by atoms with van der Waals surface area (Å²) in [5.74, 6) is 0.361. The molecule has 0 aromatic heterocycles. The van der Waals surface area contributed by atoms with E-state index in [1.165, 1.54) is 31.8 Å². The monoisotopic (exact) mass is 285 g/mol. The van der Waals surface area contributed by atoms with Crippen LogP contribution in [0.15, 0.2) is 30.3 Å². The molecular weight excluding hydrogens is 266 g/mol. The highest BCUT2D eigenvalue weighted by Gasteiger charge is 2.42. The van der Waals surface area contributed by atoms with E-state index < -0.39 is 5.97 Å². The SMILES string of the molecule is O=C(O)C=Cc1ccc(C(=O)NC(C2CC2)C2CC2)cc1. The third kappa shape index (κ3) is 3.72. The van der Waals surface area contributed by atoms with Crippen LogP contribution in [0.1, 0.15) is 41.6 Å². The van der Waals surface area contributed by atoms with Gasteiger partial charge in [-0.05, 0) is 61.3 Å². The van der Waals surface area contributed by atoms with Gasteiger partial charge in [-0.2, -0.15) is 0 Å². The third-order valence-corrected chi connectivity index (χ3v) is 4.15. The molecule has 21 heavy (non-hydrogen) atoms. The van der Waals surface area contributed by atoms with Gasteiger partial charge in [-0.1, -0.05) is 12.1 Å². The minimum absolute atomic E-state index is 0.0208. The number of carbonyl (C=O) groups excluding carboxylic acids is 1. The fourth-order valence-electron chi connectivity index (χ4n) is 2.68. The van der Waals surface area contributed by atoms with Crippen molar-refractivity contribution in [2.24, 2.45) is 11.8 Å². The molecule has 3 rings (SSSR count). The molecule has 0 aliphatic heterocycles. The summed E-state index contributed by atoms with van der Waals surface area (Å²) in [6.45, 7) is 0. The number of aliphatic carboxylic acids is 1. The van der Waals surface area contributed by atoms with Crippen molar-refractivity contribution in [3.8, 4) is 0 Å². The Morgan fingerprint density at radius 1 is 1.10 bits per heavy atom. The molecule has 2 N–H and O–H groups in total. The van der Waals surface area contributed by atoms with E-state index in [9.17, 15) is 9.59 Å². The van der Waals surface area contributed by atoms with Crippen molar-refractivity contribution in [2.75, 3.05) is 0 Å². The van der Waals surface area contributed by atoms with E-state index in [4.69, 9.17) is 5.11 Å². The quantitative estimate of drug-likeness (QED) is 0.790. The summed E-state index contributed by atoms with van der Waals surface area (Å²) in [4.78, 5) is 22.7. The number of hydrogen-bond donors (Lipinski definition) is 2. The van der Waals surface area contributed by atoms with Gasteiger partial charge in [0, 0.05) is 17.7 Å². The van der Waals surface area contributed by atoms with E-state index in [1.807, 2.05) is 0 Å². The molecule has 4 nitrogen and oxygen atoms in total. The zero-order valence-corrected chi connectivity index (χ0v) is 11.8. The Balaban J connectivity index is 1.62. The molecule has 1 aromatic rings. The fraction of sp³-hybridized carbons (Fsp3) is 0.412. The summed E-state index contributed by atoms with van der Waals surface area (Å²) >= 11 is 0. The number of amides is 1. The second-order valence-corrected chi connectivity index (χ2v) is 5.97. The molecule has 2 aliphatic carbocycles. The van der Waals surface area contributed by atoms with Gasteiger partial charge in [-0.25, -0.2) is 4.79 Å². The minimum Gasteiger partial charge on any atom is -0.478 e. The molecular formula is C17H19NO3. The summed E-state index contributed by atoms with van der Waals surface area (Å²) in [6, 6.07) is 7.36. The minimum atomic E-state index is -0.978. The molecule has 4 heteroatoms. The predicted octanol–water partition coefficient (Wildman–Crippen LogP) is 2.70. The second-order valence-electron chi connectivity index (χ2n) is 5.97. The first-order valence-corrected chi connectivity index (χ1v) is 7.45. The molecule has 0 atom stereocenters. The molecule has 2 saturated carbocycles. The summed E-state index contributed by atoms with van der Waals surface area (Å²) in [5, 5.41) is 11.8. The van der Waals surface area contributed by atoms with Crippen molar-refractivity contribution in [2.45, 2.75) is 31.7 Å². The normalized spacial score (nSPS) is 18.1. The van der Waals surface area contributed by atoms with Crippen LogP contribution in [0, 0.1) is 11.8 Å². The van der Waals surface area contributed by atoms with Crippen LogP contribution >= 0.6 is 0 Å². The summed E-state index contributed by atoms with van der Waals surface area (Å²) < 4.78 is 0. The molecule has 0 radical (unpaired) electrons. The number of carbonyl (C=O) groups is 2. The van der Waals surface area contributed by atoms with Crippen LogP contribution in [0.5, 0.6) is 0 Å². The molecule has 1 amide bonds. The summed E-state index contributed by atoms with van der Waals surface area (Å²) in [5.41, 5.74) is 1.41. The Morgan fingerprint density at radius 2 is 1.67 bits per heavy atom. The van der Waals surface area contributed by atoms with Crippen molar-refractivity contribution in [3.63, 3.8) is 0 Å². The van der Waals surface area contributed by atoms with Crippen molar-refractivity contribution in [3.05, 3.63) is 41.5 Å². The van der Waals surface area contributed by atoms with Crippen LogP contribution in [0.4, 0.5) is 0 Å². The molecule has 0 heterocycles. The van der Waals surface area contributed by atoms with Gasteiger partial charge in [0.05, 0.1) is 0 Å². The molecule has 110 valence electrons. The first kappa shape index (κ1) is 13.9. The van der Waals surface area contributed by atoms with Gasteiger partial charge in [-0.3, -0.25) is 4.79 Å². The van der Waals surface area contributed by atoms with E-state index in [0.717, 1.165) is 11.6 Å². The molecule has 0 saturated heterocycles. The maximum absolute atomic E-state index is 12.3. The predicted molar refractivity (Wildman–Crippen MR) is 79.8 cm³/mol. The number of benzene rings is 1. The summed E-state index contributed by atoms with van der Waals surface area (Å²) in [7, 11) is 0. The van der Waals surface area contributed by atoms with Crippen LogP contribution in [0.2, 0.25) is 0 Å². The lowest BCUT2D eigenvalue weighted by Crippen LogP contribution is -2.38. The van der Waals surface area contributed by atoms with E-state index in [1.54, 1.807) is 24.3 Å². The van der Waals surface area contributed by atoms with Crippen LogP contribution in [0.3, 0.4) is 0 Å². The summed E-state index contributed by atoms with van der Waals surface area (Å²) in [6.07, 6.45) is 7.55. The highest BCUT2D eigenvalue weighted by molar-refractivity contribution is 5.94. The average molecular weight is 285 g/mol. The van der Waals surface area contributed by atoms with Gasteiger partial charge < -0.3 is 10.4 Å². The van der Waals surface area contributed by atoms with Gasteiger partial charge >= 0.3 is 5.97 Å². The van der Waals surface area contributed by atoms with Gasteiger partial charge in [-0.15, -0.1) is 0 Å². The van der Waals surface area contributed by atoms with Gasteiger partial charge in [0.25, 0.3) is 5.91 Å². The Bertz CT molecular complexity index is 556. The molecule has 0 spiro atoms. The van der Waals surface area contributed by atoms with Crippen LogP contribution in [-0.2, 0) is 4.79 Å². The lowest BCUT2D eigenvalue weighted by molar-refractivity contribution is -0.131. The molecule has 1 aromatic carbocycles. The van der Waals surface area contributed by atoms with Crippen molar-refractivity contribution >= 4 is 18.0 Å². The zero-order chi connectivity index (χ0) is 14.8. The Morgan fingerprint density at radius 3 is 2.14 bits per heavy atom. The first-order chi connectivity index (χ1) is 10.1. The highest BCUT2D eigenvalue weighted by Crippen LogP contribution is 2.44. The van der Waals surface area contributed by atoms with E-state index in [-0.39, 0.29) is 5.91 Å². The van der Waals surface area contributed by atoms with Crippen LogP contribution < -0.4 is 5.32 Å². The van der Waals surface area contributed by atoms with Gasteiger partial charge in [0.1, 0.15) is 0 Å². The Labute approximate surface area is 123 Å². The Kier molecular flexibility index (Phi) is 3.78. The van der Waals surface area contributed by atoms with Crippen LogP contribution in [0.25, 0.3) is 6.08 Å². The number of hydrogen-bond acceptors (Lipinski definition) is 2. The smallest absolute Gasteiger partial charge is 0.328 e. The zero-order valence-electron chi connectivity index (χ0n) is 11.8. The number of rotatable bonds is 6. The molecule has 0 bridgehead atoms. The van der Waals surface area contributed by atoms with E-state index in [2.05, 4.69) is 5.32 Å². The average Bonchev–Trinajstić information content (AvgIpc) is 3.36. The van der Waals surface area contributed by atoms with Gasteiger partial charge in [0.15, 0.2) is 0 Å². The molecule has 2 fully saturated rings. The lowest BCUT2D eigenvalue weighted by atomic mass is 10.1. The molecule has 0 unspecified atom stereocenters.